The molecule has 0 saturated heterocycles. The molecule has 0 aromatic carbocycles. The van der Waals surface area contributed by atoms with Crippen LogP contribution in [0.5, 0.6) is 0 Å². The zero-order valence-electron chi connectivity index (χ0n) is 9.49. The Balaban J connectivity index is 2.88. The van der Waals surface area contributed by atoms with Crippen molar-refractivity contribution >= 4 is 5.78 Å². The monoisotopic (exact) mass is 207 g/mol. The Hall–Kier alpha value is -1.22. The summed E-state index contributed by atoms with van der Waals surface area (Å²) >= 11 is 0. The molecule has 1 rings (SSSR count). The standard InChI is InChI=1S/C12H17NO2/c1-4-5-11(15-3)12(14)10-8-13-7-6-9(10)2/h6-8,11H,4-5H2,1-3H3. The highest BCUT2D eigenvalue weighted by molar-refractivity contribution is 6.00. The molecule has 1 atom stereocenters. The molecule has 0 aliphatic carbocycles. The molecular formula is C12H17NO2. The van der Waals surface area contributed by atoms with Crippen molar-refractivity contribution < 1.29 is 9.53 Å². The van der Waals surface area contributed by atoms with Crippen LogP contribution in [-0.4, -0.2) is 24.0 Å². The summed E-state index contributed by atoms with van der Waals surface area (Å²) in [6.07, 6.45) is 4.65. The van der Waals surface area contributed by atoms with E-state index in [0.29, 0.717) is 5.56 Å². The number of carbonyl (C=O) groups is 1. The number of ketones is 1. The lowest BCUT2D eigenvalue weighted by Gasteiger charge is -2.13. The second kappa shape index (κ2) is 5.61. The van der Waals surface area contributed by atoms with Gasteiger partial charge >= 0.3 is 0 Å². The Morgan fingerprint density at radius 1 is 1.60 bits per heavy atom. The first kappa shape index (κ1) is 11.9. The van der Waals surface area contributed by atoms with Crippen molar-refractivity contribution in [2.75, 3.05) is 7.11 Å². The second-order valence-electron chi connectivity index (χ2n) is 3.57. The summed E-state index contributed by atoms with van der Waals surface area (Å²) < 4.78 is 5.18. The molecule has 0 amide bonds. The van der Waals surface area contributed by atoms with Gasteiger partial charge in [-0.2, -0.15) is 0 Å². The number of hydrogen-bond donors (Lipinski definition) is 0. The smallest absolute Gasteiger partial charge is 0.193 e. The van der Waals surface area contributed by atoms with E-state index in [-0.39, 0.29) is 11.9 Å². The molecule has 0 aliphatic rings. The van der Waals surface area contributed by atoms with Gasteiger partial charge in [-0.3, -0.25) is 9.78 Å². The number of aryl methyl sites for hydroxylation is 1. The number of aromatic nitrogens is 1. The molecule has 0 aliphatic heterocycles. The van der Waals surface area contributed by atoms with E-state index < -0.39 is 0 Å². The van der Waals surface area contributed by atoms with E-state index in [1.807, 2.05) is 19.9 Å². The first-order valence-corrected chi connectivity index (χ1v) is 5.18. The van der Waals surface area contributed by atoms with Crippen LogP contribution in [0, 0.1) is 6.92 Å². The minimum atomic E-state index is -0.335. The van der Waals surface area contributed by atoms with E-state index in [1.165, 1.54) is 0 Å². The first-order chi connectivity index (χ1) is 7.20. The van der Waals surface area contributed by atoms with Crippen molar-refractivity contribution in [1.29, 1.82) is 0 Å². The molecular weight excluding hydrogens is 190 g/mol. The van der Waals surface area contributed by atoms with Crippen LogP contribution in [0.25, 0.3) is 0 Å². The number of nitrogens with zero attached hydrogens (tertiary/aromatic N) is 1. The summed E-state index contributed by atoms with van der Waals surface area (Å²) in [6, 6.07) is 1.84. The lowest BCUT2D eigenvalue weighted by atomic mass is 10.0. The predicted molar refractivity (Wildman–Crippen MR) is 59.0 cm³/mol. The average molecular weight is 207 g/mol. The van der Waals surface area contributed by atoms with Gasteiger partial charge in [-0.05, 0) is 25.0 Å². The zero-order valence-corrected chi connectivity index (χ0v) is 9.49. The molecule has 0 bridgehead atoms. The maximum atomic E-state index is 12.0. The van der Waals surface area contributed by atoms with Crippen molar-refractivity contribution in [2.24, 2.45) is 0 Å². The fourth-order valence-corrected chi connectivity index (χ4v) is 1.51. The molecule has 1 aromatic heterocycles. The molecule has 82 valence electrons. The minimum Gasteiger partial charge on any atom is -0.373 e. The highest BCUT2D eigenvalue weighted by Crippen LogP contribution is 2.13. The average Bonchev–Trinajstić information content (AvgIpc) is 2.25. The second-order valence-corrected chi connectivity index (χ2v) is 3.57. The summed E-state index contributed by atoms with van der Waals surface area (Å²) in [5.41, 5.74) is 1.62. The minimum absolute atomic E-state index is 0.0324. The number of pyridine rings is 1. The van der Waals surface area contributed by atoms with Gasteiger partial charge in [0.05, 0.1) is 0 Å². The van der Waals surface area contributed by atoms with Crippen LogP contribution in [0.2, 0.25) is 0 Å². The fourth-order valence-electron chi connectivity index (χ4n) is 1.51. The van der Waals surface area contributed by atoms with Gasteiger partial charge in [0.15, 0.2) is 5.78 Å². The topological polar surface area (TPSA) is 39.2 Å². The maximum Gasteiger partial charge on any atom is 0.193 e. The van der Waals surface area contributed by atoms with Gasteiger partial charge in [0.2, 0.25) is 0 Å². The molecule has 1 heterocycles. The van der Waals surface area contributed by atoms with Gasteiger partial charge in [0.25, 0.3) is 0 Å². The van der Waals surface area contributed by atoms with E-state index in [1.54, 1.807) is 19.5 Å². The van der Waals surface area contributed by atoms with Crippen molar-refractivity contribution in [2.45, 2.75) is 32.8 Å². The third-order valence-electron chi connectivity index (χ3n) is 2.43. The molecule has 0 fully saturated rings. The molecule has 0 N–H and O–H groups in total. The van der Waals surface area contributed by atoms with Crippen LogP contribution in [0.15, 0.2) is 18.5 Å². The summed E-state index contributed by atoms with van der Waals surface area (Å²) in [5.74, 6) is 0.0324. The number of hydrogen-bond acceptors (Lipinski definition) is 3. The highest BCUT2D eigenvalue weighted by Gasteiger charge is 2.19. The predicted octanol–water partition coefficient (Wildman–Crippen LogP) is 2.39. The Morgan fingerprint density at radius 2 is 2.33 bits per heavy atom. The number of carbonyl (C=O) groups excluding carboxylic acids is 1. The van der Waals surface area contributed by atoms with E-state index in [9.17, 15) is 4.79 Å². The summed E-state index contributed by atoms with van der Waals surface area (Å²) in [4.78, 5) is 16.0. The number of rotatable bonds is 5. The van der Waals surface area contributed by atoms with Crippen LogP contribution in [0.1, 0.15) is 35.7 Å². The van der Waals surface area contributed by atoms with Crippen molar-refractivity contribution in [1.82, 2.24) is 4.98 Å². The number of Topliss-reactive ketones (excluding diaryl/α,β-unsaturated/α-hetero) is 1. The third-order valence-corrected chi connectivity index (χ3v) is 2.43. The lowest BCUT2D eigenvalue weighted by Crippen LogP contribution is -2.23. The van der Waals surface area contributed by atoms with Gasteiger partial charge in [-0.15, -0.1) is 0 Å². The zero-order chi connectivity index (χ0) is 11.3. The fraction of sp³-hybridized carbons (Fsp3) is 0.500. The van der Waals surface area contributed by atoms with Crippen molar-refractivity contribution in [3.8, 4) is 0 Å². The Morgan fingerprint density at radius 3 is 2.87 bits per heavy atom. The van der Waals surface area contributed by atoms with Crippen molar-refractivity contribution in [3.63, 3.8) is 0 Å². The first-order valence-electron chi connectivity index (χ1n) is 5.18. The van der Waals surface area contributed by atoms with Crippen molar-refractivity contribution in [3.05, 3.63) is 29.6 Å². The van der Waals surface area contributed by atoms with E-state index in [2.05, 4.69) is 4.98 Å². The van der Waals surface area contributed by atoms with Crippen LogP contribution in [0.3, 0.4) is 0 Å². The molecule has 3 heteroatoms. The molecule has 3 nitrogen and oxygen atoms in total. The molecule has 0 radical (unpaired) electrons. The van der Waals surface area contributed by atoms with E-state index in [0.717, 1.165) is 18.4 Å². The Bertz CT molecular complexity index is 336. The summed E-state index contributed by atoms with van der Waals surface area (Å²) in [6.45, 7) is 3.95. The Labute approximate surface area is 90.5 Å². The normalized spacial score (nSPS) is 12.5. The van der Waals surface area contributed by atoms with Gasteiger partial charge < -0.3 is 4.74 Å². The number of ether oxygens (including phenoxy) is 1. The lowest BCUT2D eigenvalue weighted by molar-refractivity contribution is 0.0577. The van der Waals surface area contributed by atoms with E-state index >= 15 is 0 Å². The quantitative estimate of drug-likeness (QED) is 0.696. The van der Waals surface area contributed by atoms with Crippen LogP contribution < -0.4 is 0 Å². The molecule has 0 saturated carbocycles. The van der Waals surface area contributed by atoms with Gasteiger partial charge in [0, 0.05) is 25.1 Å². The third kappa shape index (κ3) is 2.86. The Kier molecular flexibility index (Phi) is 4.43. The highest BCUT2D eigenvalue weighted by atomic mass is 16.5. The molecule has 0 spiro atoms. The van der Waals surface area contributed by atoms with Crippen LogP contribution in [-0.2, 0) is 4.74 Å². The molecule has 1 unspecified atom stereocenters. The largest absolute Gasteiger partial charge is 0.373 e. The number of methoxy groups -OCH3 is 1. The van der Waals surface area contributed by atoms with Crippen LogP contribution in [0.4, 0.5) is 0 Å². The van der Waals surface area contributed by atoms with Gasteiger partial charge in [0.1, 0.15) is 6.10 Å². The summed E-state index contributed by atoms with van der Waals surface area (Å²) in [7, 11) is 1.57. The van der Waals surface area contributed by atoms with Gasteiger partial charge in [-0.1, -0.05) is 13.3 Å². The maximum absolute atomic E-state index is 12.0. The summed E-state index contributed by atoms with van der Waals surface area (Å²) in [5, 5.41) is 0. The molecule has 15 heavy (non-hydrogen) atoms. The van der Waals surface area contributed by atoms with Crippen LogP contribution >= 0.6 is 0 Å². The van der Waals surface area contributed by atoms with E-state index in [4.69, 9.17) is 4.74 Å². The van der Waals surface area contributed by atoms with Gasteiger partial charge in [-0.25, -0.2) is 0 Å². The molecule has 1 aromatic rings. The SMILES string of the molecule is CCCC(OC)C(=O)c1cnccc1C.